The van der Waals surface area contributed by atoms with E-state index in [0.29, 0.717) is 0 Å². The first kappa shape index (κ1) is 9.24. The van der Waals surface area contributed by atoms with Crippen molar-refractivity contribution in [2.45, 2.75) is 12.7 Å². The Morgan fingerprint density at radius 2 is 2.27 bits per heavy atom. The van der Waals surface area contributed by atoms with Crippen molar-refractivity contribution in [3.05, 3.63) is 0 Å². The van der Waals surface area contributed by atoms with Crippen molar-refractivity contribution < 1.29 is 18.0 Å². The van der Waals surface area contributed by atoms with E-state index in [0.717, 1.165) is 5.01 Å². The second kappa shape index (κ2) is 3.70. The molecule has 0 aromatic rings. The van der Waals surface area contributed by atoms with Gasteiger partial charge in [0.1, 0.15) is 6.73 Å². The summed E-state index contributed by atoms with van der Waals surface area (Å²) in [6.07, 6.45) is -4.17. The molecule has 0 spiro atoms. The molecule has 1 unspecified atom stereocenters. The molecule has 0 saturated carbocycles. The minimum atomic E-state index is -2.70. The molecule has 1 fully saturated rings. The fraction of sp³-hybridized carbons (Fsp3) is 1.00. The van der Waals surface area contributed by atoms with Crippen LogP contribution in [0.25, 0.3) is 0 Å². The SMILES string of the molecule is FC(F)C1OCN(F)N1CBr. The minimum Gasteiger partial charge on any atom is -0.336 e. The lowest BCUT2D eigenvalue weighted by molar-refractivity contribution is -0.159. The summed E-state index contributed by atoms with van der Waals surface area (Å²) in [5.41, 5.74) is -0.0154. The molecule has 1 aliphatic heterocycles. The molecule has 0 radical (unpaired) electrons. The molecule has 0 amide bonds. The number of rotatable bonds is 2. The maximum Gasteiger partial charge on any atom is 0.279 e. The molecule has 0 aliphatic carbocycles. The molecule has 1 saturated heterocycles. The van der Waals surface area contributed by atoms with E-state index in [2.05, 4.69) is 20.7 Å². The van der Waals surface area contributed by atoms with Gasteiger partial charge in [-0.25, -0.2) is 8.78 Å². The number of hydrogen-bond acceptors (Lipinski definition) is 3. The summed E-state index contributed by atoms with van der Waals surface area (Å²) >= 11 is 2.86. The number of ether oxygens (including phenoxy) is 1. The van der Waals surface area contributed by atoms with Crippen LogP contribution in [0.1, 0.15) is 0 Å². The molecule has 0 aromatic carbocycles. The van der Waals surface area contributed by atoms with E-state index in [9.17, 15) is 13.3 Å². The number of halogens is 4. The van der Waals surface area contributed by atoms with Crippen LogP contribution >= 0.6 is 15.9 Å². The Morgan fingerprint density at radius 3 is 2.64 bits per heavy atom. The van der Waals surface area contributed by atoms with Gasteiger partial charge in [-0.1, -0.05) is 15.9 Å². The first-order valence-electron chi connectivity index (χ1n) is 2.82. The first-order valence-corrected chi connectivity index (χ1v) is 3.94. The van der Waals surface area contributed by atoms with Crippen molar-refractivity contribution in [3.63, 3.8) is 0 Å². The largest absolute Gasteiger partial charge is 0.336 e. The van der Waals surface area contributed by atoms with Gasteiger partial charge in [0, 0.05) is 0 Å². The summed E-state index contributed by atoms with van der Waals surface area (Å²) in [6, 6.07) is 0. The molecule has 0 aromatic heterocycles. The third-order valence-electron chi connectivity index (χ3n) is 1.26. The maximum atomic E-state index is 12.5. The van der Waals surface area contributed by atoms with Crippen LogP contribution in [0, 0.1) is 0 Å². The molecular weight excluding hydrogens is 229 g/mol. The van der Waals surface area contributed by atoms with Gasteiger partial charge in [-0.15, -0.1) is 4.48 Å². The third-order valence-corrected chi connectivity index (χ3v) is 1.78. The average molecular weight is 235 g/mol. The summed E-state index contributed by atoms with van der Waals surface area (Å²) in [5.74, 6) is 0. The quantitative estimate of drug-likeness (QED) is 0.408. The predicted octanol–water partition coefficient (Wildman–Crippen LogP) is 1.32. The molecule has 0 N–H and O–H groups in total. The van der Waals surface area contributed by atoms with Crippen molar-refractivity contribution in [1.29, 1.82) is 0 Å². The van der Waals surface area contributed by atoms with E-state index in [1.165, 1.54) is 0 Å². The highest BCUT2D eigenvalue weighted by Crippen LogP contribution is 2.21. The summed E-state index contributed by atoms with van der Waals surface area (Å²) in [4.78, 5) is 0. The van der Waals surface area contributed by atoms with Gasteiger partial charge in [0.2, 0.25) is 0 Å². The van der Waals surface area contributed by atoms with E-state index in [1.807, 2.05) is 0 Å². The first-order chi connectivity index (χ1) is 5.16. The second-order valence-corrected chi connectivity index (χ2v) is 2.42. The molecule has 11 heavy (non-hydrogen) atoms. The van der Waals surface area contributed by atoms with Gasteiger partial charge in [0.15, 0.2) is 6.23 Å². The minimum absolute atomic E-state index is 0.0154. The highest BCUT2D eigenvalue weighted by molar-refractivity contribution is 9.09. The Hall–Kier alpha value is 0.150. The van der Waals surface area contributed by atoms with Crippen LogP contribution in [0.15, 0.2) is 0 Å². The molecule has 3 nitrogen and oxygen atoms in total. The van der Waals surface area contributed by atoms with Gasteiger partial charge >= 0.3 is 0 Å². The summed E-state index contributed by atoms with van der Waals surface area (Å²) in [6.45, 7) is -0.444. The van der Waals surface area contributed by atoms with Gasteiger partial charge in [0.05, 0.1) is 5.45 Å². The lowest BCUT2D eigenvalue weighted by Gasteiger charge is -2.20. The van der Waals surface area contributed by atoms with E-state index in [4.69, 9.17) is 0 Å². The van der Waals surface area contributed by atoms with Gasteiger partial charge in [-0.3, -0.25) is 0 Å². The number of hydrogen-bond donors (Lipinski definition) is 0. The van der Waals surface area contributed by atoms with Crippen molar-refractivity contribution in [2.75, 3.05) is 12.2 Å². The smallest absolute Gasteiger partial charge is 0.279 e. The zero-order chi connectivity index (χ0) is 8.43. The second-order valence-electron chi connectivity index (χ2n) is 1.92. The van der Waals surface area contributed by atoms with Crippen molar-refractivity contribution in [2.24, 2.45) is 0 Å². The topological polar surface area (TPSA) is 15.7 Å². The molecule has 66 valence electrons. The van der Waals surface area contributed by atoms with Crippen molar-refractivity contribution in [1.82, 2.24) is 10.2 Å². The van der Waals surface area contributed by atoms with Crippen molar-refractivity contribution in [3.8, 4) is 0 Å². The van der Waals surface area contributed by atoms with Crippen LogP contribution in [-0.2, 0) is 4.74 Å². The zero-order valence-corrected chi connectivity index (χ0v) is 6.97. The summed E-state index contributed by atoms with van der Waals surface area (Å²) in [7, 11) is 0. The highest BCUT2D eigenvalue weighted by atomic mass is 79.9. The normalized spacial score (nSPS) is 28.6. The Kier molecular flexibility index (Phi) is 3.11. The van der Waals surface area contributed by atoms with Gasteiger partial charge < -0.3 is 4.74 Å². The fourth-order valence-corrected chi connectivity index (χ4v) is 1.28. The van der Waals surface area contributed by atoms with Crippen LogP contribution < -0.4 is 0 Å². The molecule has 1 heterocycles. The molecular formula is C4H6BrF3N2O. The molecule has 0 bridgehead atoms. The maximum absolute atomic E-state index is 12.5. The predicted molar refractivity (Wildman–Crippen MR) is 34.3 cm³/mol. The van der Waals surface area contributed by atoms with Crippen LogP contribution in [0.3, 0.4) is 0 Å². The van der Waals surface area contributed by atoms with Crippen LogP contribution in [0.5, 0.6) is 0 Å². The highest BCUT2D eigenvalue weighted by Gasteiger charge is 2.38. The average Bonchev–Trinajstić information content (AvgIpc) is 2.30. The Morgan fingerprint density at radius 1 is 1.64 bits per heavy atom. The molecule has 1 aliphatic rings. The lowest BCUT2D eigenvalue weighted by Crippen LogP contribution is -2.39. The Labute approximate surface area is 69.7 Å². The molecule has 1 rings (SSSR count). The fourth-order valence-electron chi connectivity index (χ4n) is 0.750. The van der Waals surface area contributed by atoms with E-state index >= 15 is 0 Å². The van der Waals surface area contributed by atoms with Gasteiger partial charge in [-0.2, -0.15) is 5.01 Å². The zero-order valence-electron chi connectivity index (χ0n) is 5.38. The van der Waals surface area contributed by atoms with Crippen molar-refractivity contribution >= 4 is 15.9 Å². The van der Waals surface area contributed by atoms with Gasteiger partial charge in [-0.05, 0) is 5.23 Å². The molecule has 7 heteroatoms. The van der Waals surface area contributed by atoms with E-state index in [1.54, 1.807) is 0 Å². The van der Waals surface area contributed by atoms with Crippen LogP contribution in [-0.4, -0.2) is 35.1 Å². The lowest BCUT2D eigenvalue weighted by atomic mass is 10.6. The van der Waals surface area contributed by atoms with Crippen LogP contribution in [0.4, 0.5) is 13.3 Å². The summed E-state index contributed by atoms with van der Waals surface area (Å²) in [5, 5.41) is 0.857. The van der Waals surface area contributed by atoms with E-state index in [-0.39, 0.29) is 10.7 Å². The third kappa shape index (κ3) is 1.84. The standard InChI is InChI=1S/C4H6BrF3N2O/c5-1-9-4(3(6)7)11-2-10(9)8/h3-4H,1-2H2. The summed E-state index contributed by atoms with van der Waals surface area (Å²) < 4.78 is 40.8. The number of nitrogens with zero attached hydrogens (tertiary/aromatic N) is 2. The Balaban J connectivity index is 2.54. The molecule has 1 atom stereocenters. The number of hydrazine groups is 1. The Bertz CT molecular complexity index is 139. The van der Waals surface area contributed by atoms with E-state index < -0.39 is 19.4 Å². The monoisotopic (exact) mass is 234 g/mol. The van der Waals surface area contributed by atoms with Crippen LogP contribution in [0.2, 0.25) is 0 Å². The number of alkyl halides is 3. The van der Waals surface area contributed by atoms with Gasteiger partial charge in [0.25, 0.3) is 6.43 Å².